The van der Waals surface area contributed by atoms with Crippen molar-refractivity contribution in [1.82, 2.24) is 14.8 Å². The molecule has 0 bridgehead atoms. The summed E-state index contributed by atoms with van der Waals surface area (Å²) in [6.07, 6.45) is 5.31. The molecular weight excluding hydrogens is 300 g/mol. The molecule has 0 amide bonds. The van der Waals surface area contributed by atoms with E-state index in [4.69, 9.17) is 4.74 Å². The van der Waals surface area contributed by atoms with Crippen LogP contribution in [0.3, 0.4) is 0 Å². The van der Waals surface area contributed by atoms with Gasteiger partial charge in [0.25, 0.3) is 0 Å². The molecule has 0 spiro atoms. The van der Waals surface area contributed by atoms with Crippen molar-refractivity contribution in [1.29, 1.82) is 0 Å². The smallest absolute Gasteiger partial charge is 0.152 e. The number of benzene rings is 1. The molecule has 2 heterocycles. The molecule has 5 heteroatoms. The number of aryl methyl sites for hydroxylation is 1. The van der Waals surface area contributed by atoms with Crippen LogP contribution in [0.25, 0.3) is 0 Å². The Morgan fingerprint density at radius 3 is 2.75 bits per heavy atom. The SMILES string of the molecule is Cc1ccc2c(c1)N(Cc1nnc(C3CC3)n1C1CC1)C[C@H](C)O2. The van der Waals surface area contributed by atoms with Gasteiger partial charge in [0.05, 0.1) is 18.8 Å². The molecule has 2 fully saturated rings. The predicted octanol–water partition coefficient (Wildman–Crippen LogP) is 3.59. The first kappa shape index (κ1) is 14.3. The highest BCUT2D eigenvalue weighted by atomic mass is 16.5. The lowest BCUT2D eigenvalue weighted by Crippen LogP contribution is -2.38. The lowest BCUT2D eigenvalue weighted by atomic mass is 10.1. The Hall–Kier alpha value is -2.04. The summed E-state index contributed by atoms with van der Waals surface area (Å²) in [7, 11) is 0. The summed E-state index contributed by atoms with van der Waals surface area (Å²) in [6, 6.07) is 7.07. The second-order valence-electron chi connectivity index (χ2n) is 7.63. The van der Waals surface area contributed by atoms with Gasteiger partial charge < -0.3 is 14.2 Å². The van der Waals surface area contributed by atoms with Crippen LogP contribution in [0.2, 0.25) is 0 Å². The summed E-state index contributed by atoms with van der Waals surface area (Å²) < 4.78 is 8.47. The number of anilines is 1. The quantitative estimate of drug-likeness (QED) is 0.862. The van der Waals surface area contributed by atoms with E-state index in [0.717, 1.165) is 24.7 Å². The molecule has 2 aliphatic carbocycles. The van der Waals surface area contributed by atoms with E-state index in [9.17, 15) is 0 Å². The average molecular weight is 324 g/mol. The van der Waals surface area contributed by atoms with Gasteiger partial charge in [-0.25, -0.2) is 0 Å². The lowest BCUT2D eigenvalue weighted by molar-refractivity contribution is 0.211. The third-order valence-electron chi connectivity index (χ3n) is 5.24. The Morgan fingerprint density at radius 1 is 1.17 bits per heavy atom. The van der Waals surface area contributed by atoms with Crippen LogP contribution in [0.4, 0.5) is 5.69 Å². The number of rotatable bonds is 4. The molecule has 0 unspecified atom stereocenters. The van der Waals surface area contributed by atoms with Gasteiger partial charge >= 0.3 is 0 Å². The van der Waals surface area contributed by atoms with E-state index in [0.29, 0.717) is 12.0 Å². The monoisotopic (exact) mass is 324 g/mol. The fourth-order valence-electron chi connectivity index (χ4n) is 3.75. The number of ether oxygens (including phenoxy) is 1. The molecule has 5 nitrogen and oxygen atoms in total. The first-order valence-corrected chi connectivity index (χ1v) is 9.15. The second kappa shape index (κ2) is 5.23. The van der Waals surface area contributed by atoms with E-state index in [1.165, 1.54) is 42.8 Å². The maximum absolute atomic E-state index is 6.01. The van der Waals surface area contributed by atoms with Crippen LogP contribution in [0.5, 0.6) is 5.75 Å². The molecule has 1 aromatic carbocycles. The van der Waals surface area contributed by atoms with Gasteiger partial charge in [-0.2, -0.15) is 0 Å². The second-order valence-corrected chi connectivity index (χ2v) is 7.63. The molecule has 2 saturated carbocycles. The number of nitrogens with zero attached hydrogens (tertiary/aromatic N) is 4. The topological polar surface area (TPSA) is 43.2 Å². The van der Waals surface area contributed by atoms with E-state index in [-0.39, 0.29) is 6.10 Å². The Bertz CT molecular complexity index is 776. The fourth-order valence-corrected chi connectivity index (χ4v) is 3.75. The summed E-state index contributed by atoms with van der Waals surface area (Å²) in [6.45, 7) is 5.98. The minimum absolute atomic E-state index is 0.195. The van der Waals surface area contributed by atoms with E-state index >= 15 is 0 Å². The van der Waals surface area contributed by atoms with Gasteiger partial charge in [0.1, 0.15) is 17.7 Å². The molecule has 0 radical (unpaired) electrons. The van der Waals surface area contributed by atoms with Crippen molar-refractivity contribution in [3.05, 3.63) is 35.4 Å². The molecule has 1 aliphatic heterocycles. The minimum Gasteiger partial charge on any atom is -0.487 e. The number of aromatic nitrogens is 3. The standard InChI is InChI=1S/C19H24N4O/c1-12-3-8-17-16(9-12)22(10-13(2)24-17)11-18-20-21-19(14-4-5-14)23(18)15-6-7-15/h3,8-9,13-15H,4-7,10-11H2,1-2H3/t13-/m0/s1. The molecule has 24 heavy (non-hydrogen) atoms. The number of fused-ring (bicyclic) bond motifs is 1. The van der Waals surface area contributed by atoms with Crippen LogP contribution in [0.15, 0.2) is 18.2 Å². The van der Waals surface area contributed by atoms with Crippen LogP contribution in [-0.2, 0) is 6.54 Å². The van der Waals surface area contributed by atoms with Crippen molar-refractivity contribution in [2.75, 3.05) is 11.4 Å². The highest BCUT2D eigenvalue weighted by molar-refractivity contribution is 5.61. The third-order valence-corrected chi connectivity index (χ3v) is 5.24. The molecular formula is C19H24N4O. The van der Waals surface area contributed by atoms with Crippen molar-refractivity contribution >= 4 is 5.69 Å². The molecule has 0 N–H and O–H groups in total. The summed E-state index contributed by atoms with van der Waals surface area (Å²) in [5, 5.41) is 9.14. The predicted molar refractivity (Wildman–Crippen MR) is 92.6 cm³/mol. The van der Waals surface area contributed by atoms with E-state index in [1.807, 2.05) is 0 Å². The maximum atomic E-state index is 6.01. The van der Waals surface area contributed by atoms with E-state index < -0.39 is 0 Å². The number of hydrogen-bond acceptors (Lipinski definition) is 4. The van der Waals surface area contributed by atoms with Crippen LogP contribution in [0, 0.1) is 6.92 Å². The van der Waals surface area contributed by atoms with Crippen molar-refractivity contribution in [2.45, 2.75) is 64.1 Å². The third kappa shape index (κ3) is 2.46. The summed E-state index contributed by atoms with van der Waals surface area (Å²) in [5.74, 6) is 4.00. The molecule has 126 valence electrons. The largest absolute Gasteiger partial charge is 0.487 e. The van der Waals surface area contributed by atoms with Crippen molar-refractivity contribution < 1.29 is 4.74 Å². The lowest BCUT2D eigenvalue weighted by Gasteiger charge is -2.35. The summed E-state index contributed by atoms with van der Waals surface area (Å²) in [5.41, 5.74) is 2.45. The van der Waals surface area contributed by atoms with Crippen LogP contribution in [-0.4, -0.2) is 27.4 Å². The van der Waals surface area contributed by atoms with Gasteiger partial charge in [0.15, 0.2) is 5.82 Å². The molecule has 5 rings (SSSR count). The van der Waals surface area contributed by atoms with Gasteiger partial charge in [0, 0.05) is 12.0 Å². The summed E-state index contributed by atoms with van der Waals surface area (Å²) >= 11 is 0. The molecule has 0 saturated heterocycles. The first-order chi connectivity index (χ1) is 11.7. The van der Waals surface area contributed by atoms with Gasteiger partial charge in [-0.05, 0) is 57.2 Å². The van der Waals surface area contributed by atoms with Crippen LogP contribution < -0.4 is 9.64 Å². The highest BCUT2D eigenvalue weighted by Crippen LogP contribution is 2.45. The highest BCUT2D eigenvalue weighted by Gasteiger charge is 2.37. The van der Waals surface area contributed by atoms with Crippen molar-refractivity contribution in [3.63, 3.8) is 0 Å². The maximum Gasteiger partial charge on any atom is 0.152 e. The molecule has 1 atom stereocenters. The zero-order valence-electron chi connectivity index (χ0n) is 14.4. The Balaban J connectivity index is 1.49. The molecule has 3 aliphatic rings. The molecule has 1 aromatic heterocycles. The van der Waals surface area contributed by atoms with Gasteiger partial charge in [-0.1, -0.05) is 6.07 Å². The van der Waals surface area contributed by atoms with Gasteiger partial charge in [-0.15, -0.1) is 10.2 Å². The average Bonchev–Trinajstić information content (AvgIpc) is 3.47. The Kier molecular flexibility index (Phi) is 3.12. The van der Waals surface area contributed by atoms with E-state index in [2.05, 4.69) is 51.7 Å². The molecule has 2 aromatic rings. The van der Waals surface area contributed by atoms with Crippen LogP contribution >= 0.6 is 0 Å². The van der Waals surface area contributed by atoms with Crippen molar-refractivity contribution in [3.8, 4) is 5.75 Å². The van der Waals surface area contributed by atoms with Crippen LogP contribution in [0.1, 0.15) is 61.8 Å². The number of hydrogen-bond donors (Lipinski definition) is 0. The minimum atomic E-state index is 0.195. The normalized spacial score (nSPS) is 23.1. The Labute approximate surface area is 142 Å². The Morgan fingerprint density at radius 2 is 2.00 bits per heavy atom. The summed E-state index contributed by atoms with van der Waals surface area (Å²) in [4.78, 5) is 2.41. The van der Waals surface area contributed by atoms with Gasteiger partial charge in [-0.3, -0.25) is 0 Å². The van der Waals surface area contributed by atoms with Gasteiger partial charge in [0.2, 0.25) is 0 Å². The zero-order chi connectivity index (χ0) is 16.3. The fraction of sp³-hybridized carbons (Fsp3) is 0.579. The zero-order valence-corrected chi connectivity index (χ0v) is 14.4. The van der Waals surface area contributed by atoms with Crippen molar-refractivity contribution in [2.24, 2.45) is 0 Å². The van der Waals surface area contributed by atoms with E-state index in [1.54, 1.807) is 0 Å². The first-order valence-electron chi connectivity index (χ1n) is 9.15.